The maximum absolute atomic E-state index is 9.95. The molecule has 0 rings (SSSR count). The number of hydrogen-bond donors (Lipinski definition) is 0. The van der Waals surface area contributed by atoms with Crippen molar-refractivity contribution in [3.63, 3.8) is 0 Å². The zero-order valence-electron chi connectivity index (χ0n) is 8.87. The summed E-state index contributed by atoms with van der Waals surface area (Å²) < 4.78 is 35.4. The van der Waals surface area contributed by atoms with Crippen LogP contribution in [0.2, 0.25) is 0 Å². The largest absolute Gasteiger partial charge is 2.00 e. The molecule has 0 fully saturated rings. The van der Waals surface area contributed by atoms with Crippen molar-refractivity contribution >= 4 is 53.4 Å². The van der Waals surface area contributed by atoms with Crippen molar-refractivity contribution in [2.45, 2.75) is 0 Å². The first-order valence-electron chi connectivity index (χ1n) is 3.09. The summed E-state index contributed by atoms with van der Waals surface area (Å²) in [5.41, 5.74) is 0. The first-order valence-corrected chi connectivity index (χ1v) is 6.01. The van der Waals surface area contributed by atoms with Gasteiger partial charge < -0.3 is 27.9 Å². The minimum Gasteiger partial charge on any atom is -0.756 e. The molecule has 88 valence electrons. The first-order chi connectivity index (χ1) is 6.24. The molecule has 0 heterocycles. The van der Waals surface area contributed by atoms with E-state index in [-0.39, 0.29) is 37.7 Å². The molecule has 0 atom stereocenters. The van der Waals surface area contributed by atoms with Crippen LogP contribution in [0.4, 0.5) is 0 Å². The summed E-state index contributed by atoms with van der Waals surface area (Å²) in [6, 6.07) is 0. The molecule has 0 aliphatic heterocycles. The Balaban J connectivity index is -0.000000180. The Morgan fingerprint density at radius 2 is 0.867 bits per heavy atom. The van der Waals surface area contributed by atoms with Gasteiger partial charge in [0, 0.05) is 28.4 Å². The maximum atomic E-state index is 9.95. The van der Waals surface area contributed by atoms with Crippen molar-refractivity contribution in [1.29, 1.82) is 0 Å². The SMILES string of the molecule is COP(=O)([O-])OC.COP(=O)([O-])OC.[Ca+2]. The molecule has 0 aromatic rings. The minimum atomic E-state index is -3.90. The van der Waals surface area contributed by atoms with E-state index in [0.29, 0.717) is 0 Å². The molecule has 15 heavy (non-hydrogen) atoms. The van der Waals surface area contributed by atoms with E-state index < -0.39 is 15.6 Å². The number of phosphoric acid groups is 2. The Morgan fingerprint density at radius 3 is 0.867 bits per heavy atom. The Labute approximate surface area is 118 Å². The van der Waals surface area contributed by atoms with Crippen LogP contribution in [-0.2, 0) is 27.2 Å². The van der Waals surface area contributed by atoms with E-state index in [9.17, 15) is 18.9 Å². The van der Waals surface area contributed by atoms with Gasteiger partial charge in [0.15, 0.2) is 0 Å². The van der Waals surface area contributed by atoms with Crippen LogP contribution in [0.1, 0.15) is 0 Å². The summed E-state index contributed by atoms with van der Waals surface area (Å²) in [6.07, 6.45) is 0. The van der Waals surface area contributed by atoms with Crippen molar-refractivity contribution in [3.8, 4) is 0 Å². The summed E-state index contributed by atoms with van der Waals surface area (Å²) in [4.78, 5) is 19.9. The van der Waals surface area contributed by atoms with Crippen LogP contribution in [0.15, 0.2) is 0 Å². The quantitative estimate of drug-likeness (QED) is 0.483. The second-order valence-corrected chi connectivity index (χ2v) is 4.87. The van der Waals surface area contributed by atoms with Gasteiger partial charge in [0.1, 0.15) is 0 Å². The molecule has 11 heteroatoms. The molecule has 0 spiro atoms. The van der Waals surface area contributed by atoms with Crippen LogP contribution >= 0.6 is 15.6 Å². The van der Waals surface area contributed by atoms with E-state index in [4.69, 9.17) is 0 Å². The van der Waals surface area contributed by atoms with Gasteiger partial charge in [-0.05, 0) is 0 Å². The summed E-state index contributed by atoms with van der Waals surface area (Å²) in [5, 5.41) is 0. The van der Waals surface area contributed by atoms with E-state index in [0.717, 1.165) is 28.4 Å². The topological polar surface area (TPSA) is 117 Å². The van der Waals surface area contributed by atoms with Crippen LogP contribution in [-0.4, -0.2) is 66.2 Å². The molecule has 0 unspecified atom stereocenters. The molecule has 0 aromatic carbocycles. The maximum Gasteiger partial charge on any atom is 2.00 e. The molecular weight excluding hydrogens is 278 g/mol. The molecule has 0 N–H and O–H groups in total. The monoisotopic (exact) mass is 290 g/mol. The van der Waals surface area contributed by atoms with Gasteiger partial charge >= 0.3 is 37.7 Å². The van der Waals surface area contributed by atoms with Crippen LogP contribution in [0.5, 0.6) is 0 Å². The fourth-order valence-electron chi connectivity index (χ4n) is 0.149. The Hall–Kier alpha value is 1.48. The Bertz CT molecular complexity index is 193. The molecular formula is C4H12CaO8P2. The van der Waals surface area contributed by atoms with Gasteiger partial charge in [-0.25, -0.2) is 0 Å². The third kappa shape index (κ3) is 15.5. The predicted octanol–water partition coefficient (Wildman–Crippen LogP) is -0.886. The van der Waals surface area contributed by atoms with Crippen LogP contribution in [0.25, 0.3) is 0 Å². The normalized spacial score (nSPS) is 11.1. The summed E-state index contributed by atoms with van der Waals surface area (Å²) in [5.74, 6) is 0. The first kappa shape index (κ1) is 21.7. The van der Waals surface area contributed by atoms with Gasteiger partial charge in [-0.2, -0.15) is 0 Å². The van der Waals surface area contributed by atoms with Gasteiger partial charge in [0.25, 0.3) is 15.6 Å². The average Bonchev–Trinajstić information content (AvgIpc) is 2.19. The van der Waals surface area contributed by atoms with Crippen molar-refractivity contribution in [1.82, 2.24) is 0 Å². The zero-order chi connectivity index (χ0) is 11.8. The molecule has 0 aliphatic rings. The van der Waals surface area contributed by atoms with E-state index >= 15 is 0 Å². The van der Waals surface area contributed by atoms with E-state index in [2.05, 4.69) is 18.1 Å². The number of hydrogen-bond acceptors (Lipinski definition) is 8. The standard InChI is InChI=1S/2C2H7O4P.Ca/c2*1-5-7(3,4)6-2;/h2*1-2H3,(H,3,4);/q;;+2/p-2. The number of rotatable bonds is 4. The van der Waals surface area contributed by atoms with Gasteiger partial charge in [0.2, 0.25) is 0 Å². The van der Waals surface area contributed by atoms with E-state index in [1.165, 1.54) is 0 Å². The Kier molecular flexibility index (Phi) is 15.4. The molecule has 0 bridgehead atoms. The zero-order valence-corrected chi connectivity index (χ0v) is 12.9. The Morgan fingerprint density at radius 1 is 0.733 bits per heavy atom. The molecule has 0 radical (unpaired) electrons. The predicted molar refractivity (Wildman–Crippen MR) is 49.0 cm³/mol. The molecule has 0 aromatic heterocycles. The molecule has 8 nitrogen and oxygen atoms in total. The van der Waals surface area contributed by atoms with Gasteiger partial charge in [0.05, 0.1) is 0 Å². The van der Waals surface area contributed by atoms with Crippen LogP contribution < -0.4 is 9.79 Å². The second-order valence-electron chi connectivity index (χ2n) is 1.62. The van der Waals surface area contributed by atoms with Crippen LogP contribution in [0.3, 0.4) is 0 Å². The average molecular weight is 290 g/mol. The summed E-state index contributed by atoms with van der Waals surface area (Å²) >= 11 is 0. The molecule has 0 aliphatic carbocycles. The smallest absolute Gasteiger partial charge is 0.756 e. The van der Waals surface area contributed by atoms with Crippen molar-refractivity contribution in [3.05, 3.63) is 0 Å². The second kappa shape index (κ2) is 10.6. The fourth-order valence-corrected chi connectivity index (χ4v) is 0.447. The third-order valence-electron chi connectivity index (χ3n) is 0.894. The van der Waals surface area contributed by atoms with Gasteiger partial charge in [-0.3, -0.25) is 9.13 Å². The van der Waals surface area contributed by atoms with Gasteiger partial charge in [-0.1, -0.05) is 0 Å². The summed E-state index contributed by atoms with van der Waals surface area (Å²) in [7, 11) is -3.65. The molecule has 0 saturated carbocycles. The van der Waals surface area contributed by atoms with Gasteiger partial charge in [-0.15, -0.1) is 0 Å². The minimum absolute atomic E-state index is 0. The molecule has 0 saturated heterocycles. The van der Waals surface area contributed by atoms with Crippen LogP contribution in [0, 0.1) is 0 Å². The number of phosphoric ester groups is 2. The molecule has 0 amide bonds. The van der Waals surface area contributed by atoms with Crippen molar-refractivity contribution < 1.29 is 37.0 Å². The third-order valence-corrected chi connectivity index (χ3v) is 2.68. The van der Waals surface area contributed by atoms with Crippen molar-refractivity contribution in [2.75, 3.05) is 28.4 Å². The fraction of sp³-hybridized carbons (Fsp3) is 1.00. The summed E-state index contributed by atoms with van der Waals surface area (Å²) in [6.45, 7) is 0. The van der Waals surface area contributed by atoms with E-state index in [1.807, 2.05) is 0 Å². The van der Waals surface area contributed by atoms with E-state index in [1.54, 1.807) is 0 Å². The van der Waals surface area contributed by atoms with Crippen molar-refractivity contribution in [2.24, 2.45) is 0 Å².